The second kappa shape index (κ2) is 11.6. The number of methoxy groups -OCH3 is 1. The third-order valence-electron chi connectivity index (χ3n) is 5.55. The number of aromatic hydroxyl groups is 1. The van der Waals surface area contributed by atoms with E-state index in [1.807, 2.05) is 0 Å². The van der Waals surface area contributed by atoms with Crippen molar-refractivity contribution in [2.24, 2.45) is 10.2 Å². The number of azo groups is 1. The minimum atomic E-state index is -4.46. The number of carboxylic acids is 1. The van der Waals surface area contributed by atoms with Crippen molar-refractivity contribution in [3.05, 3.63) is 89.6 Å². The van der Waals surface area contributed by atoms with E-state index in [1.165, 1.54) is 37.6 Å². The van der Waals surface area contributed by atoms with Gasteiger partial charge in [0, 0.05) is 17.4 Å². The molecule has 3 N–H and O–H groups in total. The monoisotopic (exact) mass is 551 g/mol. The van der Waals surface area contributed by atoms with Gasteiger partial charge in [-0.3, -0.25) is 4.79 Å². The van der Waals surface area contributed by atoms with Crippen molar-refractivity contribution in [3.63, 3.8) is 0 Å². The summed E-state index contributed by atoms with van der Waals surface area (Å²) in [6, 6.07) is 14.5. The fourth-order valence-corrected chi connectivity index (χ4v) is 3.56. The maximum atomic E-state index is 12.9. The molecule has 1 aromatic heterocycles. The van der Waals surface area contributed by atoms with Crippen LogP contribution in [0.1, 0.15) is 21.5 Å². The topological polar surface area (TPSA) is 146 Å². The summed E-state index contributed by atoms with van der Waals surface area (Å²) >= 11 is 0. The quantitative estimate of drug-likeness (QED) is 0.167. The Morgan fingerprint density at radius 3 is 2.30 bits per heavy atom. The second-order valence-electron chi connectivity index (χ2n) is 8.27. The number of aromatic nitrogens is 2. The van der Waals surface area contributed by atoms with Gasteiger partial charge in [0.1, 0.15) is 11.3 Å². The molecule has 3 aromatic carbocycles. The number of esters is 1. The molecule has 0 atom stereocenters. The Hall–Kier alpha value is -5.33. The van der Waals surface area contributed by atoms with E-state index in [4.69, 9.17) is 4.74 Å². The van der Waals surface area contributed by atoms with Crippen LogP contribution in [-0.2, 0) is 22.1 Å². The Morgan fingerprint density at radius 2 is 1.65 bits per heavy atom. The smallest absolute Gasteiger partial charge is 0.416 e. The molecule has 0 saturated carbocycles. The number of carbonyl (C=O) groups is 2. The Bertz CT molecular complexity index is 1590. The number of carbonyl (C=O) groups excluding carboxylic acids is 1. The lowest BCUT2D eigenvalue weighted by Gasteiger charge is -2.12. The van der Waals surface area contributed by atoms with E-state index in [-0.39, 0.29) is 23.6 Å². The van der Waals surface area contributed by atoms with Crippen LogP contribution in [0.25, 0.3) is 11.3 Å². The van der Waals surface area contributed by atoms with Crippen LogP contribution in [0.3, 0.4) is 0 Å². The first kappa shape index (κ1) is 27.7. The highest BCUT2D eigenvalue weighted by Gasteiger charge is 2.30. The zero-order valence-corrected chi connectivity index (χ0v) is 20.7. The number of aromatic carboxylic acids is 1. The Morgan fingerprint density at radius 1 is 0.975 bits per heavy atom. The van der Waals surface area contributed by atoms with Crippen molar-refractivity contribution in [1.82, 2.24) is 9.97 Å². The van der Waals surface area contributed by atoms with Crippen LogP contribution < -0.4 is 5.32 Å². The number of nitrogens with one attached hydrogen (secondary N) is 1. The van der Waals surface area contributed by atoms with E-state index < -0.39 is 29.4 Å². The molecule has 1 heterocycles. The predicted molar refractivity (Wildman–Crippen MR) is 137 cm³/mol. The van der Waals surface area contributed by atoms with Gasteiger partial charge in [-0.15, -0.1) is 0 Å². The SMILES string of the molecule is COC(=O)Cc1ccc(N=Nc2ccc(O)c(C(=O)O)c2)cc1-c1ccnc(Nc2ccc(C(F)(F)F)cc2)n1. The summed E-state index contributed by atoms with van der Waals surface area (Å²) in [4.78, 5) is 31.8. The number of alkyl halides is 3. The molecule has 0 unspecified atom stereocenters. The summed E-state index contributed by atoms with van der Waals surface area (Å²) in [5.74, 6) is -2.14. The first-order valence-electron chi connectivity index (χ1n) is 11.5. The zero-order valence-electron chi connectivity index (χ0n) is 20.7. The number of hydrogen-bond acceptors (Lipinski definition) is 9. The highest BCUT2D eigenvalue weighted by atomic mass is 19.4. The fraction of sp³-hybridized carbons (Fsp3) is 0.111. The molecule has 4 aromatic rings. The van der Waals surface area contributed by atoms with E-state index >= 15 is 0 Å². The molecular weight excluding hydrogens is 531 g/mol. The van der Waals surface area contributed by atoms with Gasteiger partial charge in [-0.05, 0) is 66.2 Å². The summed E-state index contributed by atoms with van der Waals surface area (Å²) in [6.07, 6.45) is -3.11. The van der Waals surface area contributed by atoms with Gasteiger partial charge in [0.15, 0.2) is 0 Å². The van der Waals surface area contributed by atoms with Crippen molar-refractivity contribution >= 4 is 34.9 Å². The normalized spacial score (nSPS) is 11.4. The van der Waals surface area contributed by atoms with E-state index in [1.54, 1.807) is 24.3 Å². The van der Waals surface area contributed by atoms with Crippen molar-refractivity contribution in [3.8, 4) is 17.0 Å². The number of benzene rings is 3. The zero-order chi connectivity index (χ0) is 28.9. The van der Waals surface area contributed by atoms with E-state index in [9.17, 15) is 33.0 Å². The summed E-state index contributed by atoms with van der Waals surface area (Å²) in [6.45, 7) is 0. The molecule has 40 heavy (non-hydrogen) atoms. The maximum Gasteiger partial charge on any atom is 0.416 e. The number of ether oxygens (including phenoxy) is 1. The Kier molecular flexibility index (Phi) is 8.03. The average molecular weight is 551 g/mol. The molecule has 0 radical (unpaired) electrons. The lowest BCUT2D eigenvalue weighted by Crippen LogP contribution is -2.06. The maximum absolute atomic E-state index is 12.9. The van der Waals surface area contributed by atoms with Crippen LogP contribution in [0.5, 0.6) is 5.75 Å². The van der Waals surface area contributed by atoms with Crippen LogP contribution in [0.4, 0.5) is 36.2 Å². The number of hydrogen-bond donors (Lipinski definition) is 3. The largest absolute Gasteiger partial charge is 0.507 e. The van der Waals surface area contributed by atoms with Gasteiger partial charge in [-0.25, -0.2) is 14.8 Å². The van der Waals surface area contributed by atoms with E-state index in [0.29, 0.717) is 28.2 Å². The third-order valence-corrected chi connectivity index (χ3v) is 5.55. The molecule has 13 heteroatoms. The Balaban J connectivity index is 1.66. The van der Waals surface area contributed by atoms with Gasteiger partial charge in [0.05, 0.1) is 36.2 Å². The summed E-state index contributed by atoms with van der Waals surface area (Å²) in [7, 11) is 1.25. The minimum Gasteiger partial charge on any atom is -0.507 e. The first-order valence-corrected chi connectivity index (χ1v) is 11.5. The third kappa shape index (κ3) is 6.75. The molecule has 0 amide bonds. The molecule has 0 aliphatic heterocycles. The van der Waals surface area contributed by atoms with Crippen molar-refractivity contribution in [2.75, 3.05) is 12.4 Å². The molecule has 0 fully saturated rings. The van der Waals surface area contributed by atoms with Gasteiger partial charge < -0.3 is 20.3 Å². The van der Waals surface area contributed by atoms with Gasteiger partial charge in [-0.1, -0.05) is 6.07 Å². The van der Waals surface area contributed by atoms with Crippen LogP contribution >= 0.6 is 0 Å². The molecule has 0 aliphatic rings. The molecule has 204 valence electrons. The number of nitrogens with zero attached hydrogens (tertiary/aromatic N) is 4. The number of rotatable bonds is 8. The predicted octanol–water partition coefficient (Wildman–Crippen LogP) is 6.44. The lowest BCUT2D eigenvalue weighted by molar-refractivity contribution is -0.140. The molecular formula is C27H20F3N5O5. The minimum absolute atomic E-state index is 0.0884. The van der Waals surface area contributed by atoms with Crippen molar-refractivity contribution in [1.29, 1.82) is 0 Å². The Labute approximate surface area is 224 Å². The van der Waals surface area contributed by atoms with E-state index in [0.717, 1.165) is 18.2 Å². The summed E-state index contributed by atoms with van der Waals surface area (Å²) < 4.78 is 43.4. The number of anilines is 2. The van der Waals surface area contributed by atoms with Gasteiger partial charge in [-0.2, -0.15) is 23.4 Å². The molecule has 0 saturated heterocycles. The van der Waals surface area contributed by atoms with Gasteiger partial charge in [0.2, 0.25) is 5.95 Å². The molecule has 4 rings (SSSR count). The molecule has 0 bridgehead atoms. The van der Waals surface area contributed by atoms with Crippen molar-refractivity contribution < 1.29 is 37.7 Å². The van der Waals surface area contributed by atoms with Crippen LogP contribution in [0.15, 0.2) is 83.2 Å². The fourth-order valence-electron chi connectivity index (χ4n) is 3.56. The van der Waals surface area contributed by atoms with E-state index in [2.05, 4.69) is 25.5 Å². The molecule has 0 aliphatic carbocycles. The number of carboxylic acid groups (broad SMARTS) is 1. The molecule has 0 spiro atoms. The lowest BCUT2D eigenvalue weighted by atomic mass is 10.0. The number of halogens is 3. The average Bonchev–Trinajstić information content (AvgIpc) is 2.93. The number of phenols is 1. The summed E-state index contributed by atoms with van der Waals surface area (Å²) in [5.41, 5.74) is 1.12. The highest BCUT2D eigenvalue weighted by molar-refractivity contribution is 5.91. The standard InChI is InChI=1S/C27H20F3N5O5/c1-40-24(37)12-15-2-5-18(34-35-19-8-9-23(36)21(14-19)25(38)39)13-20(15)22-10-11-31-26(33-22)32-17-6-3-16(4-7-17)27(28,29)30/h2-11,13-14,36H,12H2,1H3,(H,38,39)(H,31,32,33). The summed E-state index contributed by atoms with van der Waals surface area (Å²) in [5, 5.41) is 29.9. The van der Waals surface area contributed by atoms with Gasteiger partial charge >= 0.3 is 18.1 Å². The molecule has 10 nitrogen and oxygen atoms in total. The first-order chi connectivity index (χ1) is 19.0. The van der Waals surface area contributed by atoms with Gasteiger partial charge in [0.25, 0.3) is 0 Å². The van der Waals surface area contributed by atoms with Crippen molar-refractivity contribution in [2.45, 2.75) is 12.6 Å². The highest BCUT2D eigenvalue weighted by Crippen LogP contribution is 2.32. The van der Waals surface area contributed by atoms with Crippen LogP contribution in [0, 0.1) is 0 Å². The van der Waals surface area contributed by atoms with Crippen LogP contribution in [0.2, 0.25) is 0 Å². The second-order valence-corrected chi connectivity index (χ2v) is 8.27. The van der Waals surface area contributed by atoms with Crippen LogP contribution in [-0.4, -0.2) is 39.2 Å².